The van der Waals surface area contributed by atoms with Crippen LogP contribution in [0.3, 0.4) is 0 Å². The first-order chi connectivity index (χ1) is 27.2. The van der Waals surface area contributed by atoms with E-state index in [1.807, 2.05) is 18.2 Å². The standard InChI is InChI=1S/C46H18F2N8/c1-7-8-12-25(2)35-34(24-52)38-40(41(35)45(55-5)30-16-26(21-49)15-27(17-30)22-50)44(48)42-39(43(38)47)37(36(46(42)56-6)28-13-10-9-11-14-28)33(23-51)29-18-31(53-3)20-32(19-29)54-4/h7-20H,1-2H2/b12-8-,37-33+,45-41-. The molecule has 2 aliphatic carbocycles. The number of fused-ring (bicyclic) bond motifs is 2. The maximum Gasteiger partial charge on any atom is 0.206 e. The van der Waals surface area contributed by atoms with Gasteiger partial charge in [0.1, 0.15) is 23.8 Å². The summed E-state index contributed by atoms with van der Waals surface area (Å²) in [5, 5.41) is 41.0. The Labute approximate surface area is 320 Å². The second-order valence-corrected chi connectivity index (χ2v) is 12.0. The van der Waals surface area contributed by atoms with E-state index in [0.29, 0.717) is 5.56 Å². The zero-order valence-electron chi connectivity index (χ0n) is 28.8. The minimum atomic E-state index is -1.18. The molecule has 10 heteroatoms. The summed E-state index contributed by atoms with van der Waals surface area (Å²) in [7, 11) is 0. The molecule has 8 nitrogen and oxygen atoms in total. The van der Waals surface area contributed by atoms with Crippen LogP contribution in [0.15, 0.2) is 109 Å². The molecular weight excluding hydrogens is 703 g/mol. The van der Waals surface area contributed by atoms with Crippen molar-refractivity contribution < 1.29 is 8.78 Å². The van der Waals surface area contributed by atoms with Gasteiger partial charge < -0.3 is 0 Å². The Morgan fingerprint density at radius 3 is 1.82 bits per heavy atom. The summed E-state index contributed by atoms with van der Waals surface area (Å²) in [6, 6.07) is 23.9. The van der Waals surface area contributed by atoms with Crippen LogP contribution in [0, 0.1) is 83.2 Å². The fraction of sp³-hybridized carbons (Fsp3) is 0. The normalized spacial score (nSPS) is 14.1. The Kier molecular flexibility index (Phi) is 9.70. The third-order valence-corrected chi connectivity index (χ3v) is 9.02. The number of benzene rings is 4. The van der Waals surface area contributed by atoms with Crippen molar-refractivity contribution in [1.29, 1.82) is 21.0 Å². The molecule has 0 fully saturated rings. The van der Waals surface area contributed by atoms with E-state index < -0.39 is 39.5 Å². The molecule has 0 bridgehead atoms. The number of halogens is 2. The molecule has 6 rings (SSSR count). The molecule has 56 heavy (non-hydrogen) atoms. The van der Waals surface area contributed by atoms with Gasteiger partial charge in [0.25, 0.3) is 0 Å². The van der Waals surface area contributed by atoms with Crippen LogP contribution in [0.5, 0.6) is 0 Å². The van der Waals surface area contributed by atoms with Gasteiger partial charge >= 0.3 is 0 Å². The van der Waals surface area contributed by atoms with Gasteiger partial charge in [-0.2, -0.15) is 21.0 Å². The van der Waals surface area contributed by atoms with Crippen molar-refractivity contribution in [2.75, 3.05) is 0 Å². The third kappa shape index (κ3) is 5.71. The van der Waals surface area contributed by atoms with Gasteiger partial charge in [0.15, 0.2) is 11.4 Å². The molecule has 0 heterocycles. The van der Waals surface area contributed by atoms with Crippen LogP contribution >= 0.6 is 0 Å². The Morgan fingerprint density at radius 2 is 1.30 bits per heavy atom. The number of allylic oxidation sites excluding steroid dienone is 10. The number of nitrogens with zero attached hydrogens (tertiary/aromatic N) is 8. The summed E-state index contributed by atoms with van der Waals surface area (Å²) in [5.74, 6) is -2.37. The Hall–Kier alpha value is -9.16. The summed E-state index contributed by atoms with van der Waals surface area (Å²) in [5.41, 5.74) is -3.72. The predicted molar refractivity (Wildman–Crippen MR) is 208 cm³/mol. The molecule has 0 unspecified atom stereocenters. The quantitative estimate of drug-likeness (QED) is 0.112. The zero-order valence-corrected chi connectivity index (χ0v) is 28.8. The minimum absolute atomic E-state index is 0.00242. The third-order valence-electron chi connectivity index (χ3n) is 9.02. The average molecular weight is 721 g/mol. The largest absolute Gasteiger partial charge is 0.239 e. The van der Waals surface area contributed by atoms with Crippen molar-refractivity contribution in [3.8, 4) is 24.3 Å². The topological polar surface area (TPSA) is 113 Å². The van der Waals surface area contributed by atoms with E-state index in [0.717, 1.165) is 0 Å². The molecule has 0 atom stereocenters. The van der Waals surface area contributed by atoms with Crippen LogP contribution in [-0.4, -0.2) is 0 Å². The number of rotatable bonds is 6. The van der Waals surface area contributed by atoms with Gasteiger partial charge in [-0.15, -0.1) is 0 Å². The van der Waals surface area contributed by atoms with Crippen LogP contribution < -0.4 is 0 Å². The van der Waals surface area contributed by atoms with Gasteiger partial charge in [-0.25, -0.2) is 28.2 Å². The van der Waals surface area contributed by atoms with Gasteiger partial charge in [-0.3, -0.25) is 0 Å². The highest BCUT2D eigenvalue weighted by molar-refractivity contribution is 6.31. The fourth-order valence-electron chi connectivity index (χ4n) is 6.84. The van der Waals surface area contributed by atoms with Gasteiger partial charge in [-0.1, -0.05) is 79.9 Å². The maximum absolute atomic E-state index is 17.9. The lowest BCUT2D eigenvalue weighted by Gasteiger charge is -2.17. The Balaban J connectivity index is 1.89. The Bertz CT molecular complexity index is 2980. The first kappa shape index (κ1) is 36.6. The molecule has 0 spiro atoms. The first-order valence-electron chi connectivity index (χ1n) is 16.2. The van der Waals surface area contributed by atoms with E-state index in [1.165, 1.54) is 54.6 Å². The summed E-state index contributed by atoms with van der Waals surface area (Å²) in [4.78, 5) is 14.2. The molecule has 0 aromatic heterocycles. The van der Waals surface area contributed by atoms with Crippen molar-refractivity contribution in [2.45, 2.75) is 0 Å². The molecule has 2 aliphatic rings. The molecule has 0 radical (unpaired) electrons. The summed E-state index contributed by atoms with van der Waals surface area (Å²) in [6.07, 6.45) is 4.31. The highest BCUT2D eigenvalue weighted by Crippen LogP contribution is 2.58. The lowest BCUT2D eigenvalue weighted by Crippen LogP contribution is -2.05. The molecule has 0 N–H and O–H groups in total. The van der Waals surface area contributed by atoms with Crippen molar-refractivity contribution in [3.05, 3.63) is 217 Å². The number of hydrogen-bond donors (Lipinski definition) is 0. The molecule has 0 saturated carbocycles. The maximum atomic E-state index is 17.9. The first-order valence-corrected chi connectivity index (χ1v) is 16.2. The second-order valence-electron chi connectivity index (χ2n) is 12.0. The van der Waals surface area contributed by atoms with Crippen LogP contribution in [0.2, 0.25) is 0 Å². The van der Waals surface area contributed by atoms with E-state index in [1.54, 1.807) is 30.3 Å². The minimum Gasteiger partial charge on any atom is -0.239 e. The summed E-state index contributed by atoms with van der Waals surface area (Å²) >= 11 is 0. The average Bonchev–Trinajstić information content (AvgIpc) is 3.77. The van der Waals surface area contributed by atoms with Crippen molar-refractivity contribution in [3.63, 3.8) is 0 Å². The van der Waals surface area contributed by atoms with Gasteiger partial charge in [0.05, 0.1) is 60.7 Å². The van der Waals surface area contributed by atoms with Crippen LogP contribution in [0.1, 0.15) is 50.1 Å². The SMILES string of the molecule is [C-]#[N+]C1=C(c2ccccc2)/C(=C(/C#N)c2cc([N+]#[C-])cc([N+]#[C-])c2)c2c(F)c3c(c(F)c21)/C(=C(\[N+]#[C-])c1cc(C#N)cc(C#N)c1)C(C(=C)/C=C\C=C)=C3C#N. The Morgan fingerprint density at radius 1 is 0.696 bits per heavy atom. The lowest BCUT2D eigenvalue weighted by molar-refractivity contribution is 0.590. The van der Waals surface area contributed by atoms with Crippen LogP contribution in [0.4, 0.5) is 20.2 Å². The highest BCUT2D eigenvalue weighted by atomic mass is 19.1. The van der Waals surface area contributed by atoms with E-state index >= 15 is 8.78 Å². The molecular formula is C46H18F2N8. The smallest absolute Gasteiger partial charge is 0.206 e. The molecule has 4 aromatic carbocycles. The summed E-state index contributed by atoms with van der Waals surface area (Å²) < 4.78 is 35.9. The van der Waals surface area contributed by atoms with Crippen LogP contribution in [0.25, 0.3) is 58.6 Å². The number of nitriles is 4. The van der Waals surface area contributed by atoms with Crippen molar-refractivity contribution in [1.82, 2.24) is 0 Å². The fourth-order valence-corrected chi connectivity index (χ4v) is 6.84. The van der Waals surface area contributed by atoms with Crippen molar-refractivity contribution in [2.24, 2.45) is 0 Å². The molecule has 0 aliphatic heterocycles. The van der Waals surface area contributed by atoms with E-state index in [-0.39, 0.29) is 78.5 Å². The lowest BCUT2D eigenvalue weighted by atomic mass is 9.87. The van der Waals surface area contributed by atoms with Gasteiger partial charge in [0, 0.05) is 27.8 Å². The zero-order chi connectivity index (χ0) is 40.3. The van der Waals surface area contributed by atoms with E-state index in [4.69, 9.17) is 26.3 Å². The summed E-state index contributed by atoms with van der Waals surface area (Å²) in [6.45, 7) is 39.5. The molecule has 0 saturated heterocycles. The monoisotopic (exact) mass is 720 g/mol. The van der Waals surface area contributed by atoms with E-state index in [9.17, 15) is 21.0 Å². The molecule has 4 aromatic rings. The van der Waals surface area contributed by atoms with E-state index in [2.05, 4.69) is 38.6 Å². The molecule has 0 amide bonds. The molecule has 256 valence electrons. The van der Waals surface area contributed by atoms with Gasteiger partial charge in [0.2, 0.25) is 11.4 Å². The highest BCUT2D eigenvalue weighted by Gasteiger charge is 2.44. The van der Waals surface area contributed by atoms with Gasteiger partial charge in [-0.05, 0) is 57.2 Å². The van der Waals surface area contributed by atoms with Crippen LogP contribution in [-0.2, 0) is 0 Å². The predicted octanol–water partition coefficient (Wildman–Crippen LogP) is 11.4. The second kappa shape index (κ2) is 14.8. The number of hydrogen-bond acceptors (Lipinski definition) is 4. The van der Waals surface area contributed by atoms with Crippen molar-refractivity contribution >= 4 is 50.6 Å².